The van der Waals surface area contributed by atoms with Crippen LogP contribution < -0.4 is 5.48 Å². The first kappa shape index (κ1) is 20.1. The second kappa shape index (κ2) is 10.1. The number of carbonyl (C=O) groups is 1. The number of nitrogens with one attached hydrogen (secondary N) is 1. The van der Waals surface area contributed by atoms with E-state index in [-0.39, 0.29) is 0 Å². The first-order valence-corrected chi connectivity index (χ1v) is 9.39. The van der Waals surface area contributed by atoms with Gasteiger partial charge in [-0.1, -0.05) is 26.7 Å². The van der Waals surface area contributed by atoms with Gasteiger partial charge >= 0.3 is 0 Å². The Balaban J connectivity index is 2.31. The zero-order valence-corrected chi connectivity index (χ0v) is 16.0. The molecule has 2 heterocycles. The average molecular weight is 358 g/mol. The van der Waals surface area contributed by atoms with E-state index in [0.717, 1.165) is 49.3 Å². The molecule has 0 unspecified atom stereocenters. The zero-order chi connectivity index (χ0) is 18.9. The van der Waals surface area contributed by atoms with Crippen molar-refractivity contribution < 1.29 is 10.0 Å². The summed E-state index contributed by atoms with van der Waals surface area (Å²) >= 11 is 0. The van der Waals surface area contributed by atoms with Crippen LogP contribution >= 0.6 is 0 Å². The fourth-order valence-electron chi connectivity index (χ4n) is 2.95. The lowest BCUT2D eigenvalue weighted by Gasteiger charge is -2.17. The Morgan fingerprint density at radius 2 is 2.12 bits per heavy atom. The van der Waals surface area contributed by atoms with Crippen molar-refractivity contribution in [2.45, 2.75) is 52.5 Å². The highest BCUT2D eigenvalue weighted by Gasteiger charge is 2.14. The lowest BCUT2D eigenvalue weighted by Crippen LogP contribution is -2.20. The van der Waals surface area contributed by atoms with Gasteiger partial charge in [0.2, 0.25) is 0 Å². The molecule has 2 aromatic heterocycles. The number of pyridine rings is 1. The van der Waals surface area contributed by atoms with Gasteiger partial charge < -0.3 is 9.30 Å². The number of nitrogens with zero attached hydrogens (tertiary/aromatic N) is 3. The van der Waals surface area contributed by atoms with Gasteiger partial charge in [0.1, 0.15) is 5.65 Å². The normalized spacial score (nSPS) is 11.7. The number of hydrogen-bond donors (Lipinski definition) is 2. The zero-order valence-electron chi connectivity index (χ0n) is 16.0. The molecule has 0 aromatic carbocycles. The number of hydroxylamine groups is 1. The van der Waals surface area contributed by atoms with Crippen LogP contribution in [0.2, 0.25) is 0 Å². The summed E-state index contributed by atoms with van der Waals surface area (Å²) in [4.78, 5) is 18.4. The second-order valence-electron chi connectivity index (χ2n) is 6.70. The van der Waals surface area contributed by atoms with E-state index in [4.69, 9.17) is 10.2 Å². The first-order valence-electron chi connectivity index (χ1n) is 9.39. The van der Waals surface area contributed by atoms with Crippen molar-refractivity contribution >= 4 is 17.6 Å². The van der Waals surface area contributed by atoms with Crippen LogP contribution in [0, 0.1) is 0 Å². The molecule has 0 bridgehead atoms. The predicted molar refractivity (Wildman–Crippen MR) is 104 cm³/mol. The van der Waals surface area contributed by atoms with Gasteiger partial charge in [-0.3, -0.25) is 10.0 Å². The van der Waals surface area contributed by atoms with E-state index in [1.165, 1.54) is 24.6 Å². The summed E-state index contributed by atoms with van der Waals surface area (Å²) in [5.41, 5.74) is 5.76. The number of fused-ring (bicyclic) bond motifs is 1. The molecule has 0 atom stereocenters. The number of unbranched alkanes of at least 4 members (excludes halogenated alkanes) is 2. The summed E-state index contributed by atoms with van der Waals surface area (Å²) in [7, 11) is 2.16. The Hall–Kier alpha value is -2.18. The standard InChI is InChI=1S/C20H30N4O2/c1-4-6-8-17-18(15-23(3)12-7-5-2)24-13-11-16(14-19(24)21-17)9-10-20(25)22-26/h9-11,13-14,26H,4-8,12,15H2,1-3H3,(H,22,25)/b10-9+. The molecule has 0 aliphatic rings. The second-order valence-corrected chi connectivity index (χ2v) is 6.70. The molecule has 2 aromatic rings. The molecule has 1 amide bonds. The molecular formula is C20H30N4O2. The third-order valence-electron chi connectivity index (χ3n) is 4.45. The molecule has 0 saturated heterocycles. The molecule has 6 heteroatoms. The van der Waals surface area contributed by atoms with Gasteiger partial charge in [-0.25, -0.2) is 10.5 Å². The molecule has 0 radical (unpaired) electrons. The first-order chi connectivity index (χ1) is 12.6. The maximum absolute atomic E-state index is 11.2. The van der Waals surface area contributed by atoms with Gasteiger partial charge in [0.05, 0.1) is 11.4 Å². The van der Waals surface area contributed by atoms with Crippen LogP contribution in [-0.4, -0.2) is 39.0 Å². The van der Waals surface area contributed by atoms with Crippen LogP contribution in [0.25, 0.3) is 11.7 Å². The van der Waals surface area contributed by atoms with Crippen molar-refractivity contribution in [3.8, 4) is 0 Å². The van der Waals surface area contributed by atoms with E-state index in [2.05, 4.69) is 30.2 Å². The maximum atomic E-state index is 11.2. The fourth-order valence-corrected chi connectivity index (χ4v) is 2.95. The molecule has 0 aliphatic heterocycles. The van der Waals surface area contributed by atoms with Gasteiger partial charge in [0.15, 0.2) is 0 Å². The minimum Gasteiger partial charge on any atom is -0.302 e. The summed E-state index contributed by atoms with van der Waals surface area (Å²) < 4.78 is 2.15. The van der Waals surface area contributed by atoms with Crippen LogP contribution in [0.4, 0.5) is 0 Å². The highest BCUT2D eigenvalue weighted by Crippen LogP contribution is 2.19. The Kier molecular flexibility index (Phi) is 7.81. The average Bonchev–Trinajstić information content (AvgIpc) is 2.99. The van der Waals surface area contributed by atoms with E-state index in [1.807, 2.05) is 18.3 Å². The van der Waals surface area contributed by atoms with Crippen LogP contribution in [-0.2, 0) is 17.8 Å². The highest BCUT2D eigenvalue weighted by molar-refractivity contribution is 5.90. The van der Waals surface area contributed by atoms with E-state index in [1.54, 1.807) is 11.6 Å². The molecule has 0 saturated carbocycles. The van der Waals surface area contributed by atoms with Crippen molar-refractivity contribution in [3.05, 3.63) is 41.4 Å². The molecule has 2 rings (SSSR count). The Bertz CT molecular complexity index is 752. The topological polar surface area (TPSA) is 69.9 Å². The number of carbonyl (C=O) groups excluding carboxylic acids is 1. The molecule has 6 nitrogen and oxygen atoms in total. The fraction of sp³-hybridized carbons (Fsp3) is 0.500. The van der Waals surface area contributed by atoms with E-state index in [0.29, 0.717) is 0 Å². The minimum absolute atomic E-state index is 0.546. The van der Waals surface area contributed by atoms with Crippen molar-refractivity contribution in [3.63, 3.8) is 0 Å². The number of rotatable bonds is 10. The smallest absolute Gasteiger partial charge is 0.267 e. The van der Waals surface area contributed by atoms with Crippen LogP contribution in [0.3, 0.4) is 0 Å². The molecule has 2 N–H and O–H groups in total. The number of hydrogen-bond acceptors (Lipinski definition) is 4. The molecule has 142 valence electrons. The molecular weight excluding hydrogens is 328 g/mol. The largest absolute Gasteiger partial charge is 0.302 e. The van der Waals surface area contributed by atoms with Crippen molar-refractivity contribution in [1.82, 2.24) is 19.8 Å². The lowest BCUT2D eigenvalue weighted by atomic mass is 10.1. The lowest BCUT2D eigenvalue weighted by molar-refractivity contribution is -0.124. The summed E-state index contributed by atoms with van der Waals surface area (Å²) in [6.07, 6.45) is 10.6. The third kappa shape index (κ3) is 5.41. The van der Waals surface area contributed by atoms with Crippen molar-refractivity contribution in [2.24, 2.45) is 0 Å². The van der Waals surface area contributed by atoms with Crippen LogP contribution in [0.15, 0.2) is 24.4 Å². The van der Waals surface area contributed by atoms with Crippen molar-refractivity contribution in [2.75, 3.05) is 13.6 Å². The van der Waals surface area contributed by atoms with E-state index >= 15 is 0 Å². The summed E-state index contributed by atoms with van der Waals surface area (Å²) in [5.74, 6) is -0.546. The Morgan fingerprint density at radius 3 is 2.81 bits per heavy atom. The quantitative estimate of drug-likeness (QED) is 0.388. The molecule has 0 aliphatic carbocycles. The number of imidazole rings is 1. The van der Waals surface area contributed by atoms with Gasteiger partial charge in [-0.15, -0.1) is 0 Å². The Morgan fingerprint density at radius 1 is 1.35 bits per heavy atom. The van der Waals surface area contributed by atoms with Gasteiger partial charge in [-0.05, 0) is 56.6 Å². The van der Waals surface area contributed by atoms with E-state index < -0.39 is 5.91 Å². The maximum Gasteiger partial charge on any atom is 0.267 e. The minimum atomic E-state index is -0.546. The molecule has 0 spiro atoms. The molecule has 26 heavy (non-hydrogen) atoms. The summed E-state index contributed by atoms with van der Waals surface area (Å²) in [6.45, 7) is 6.36. The van der Waals surface area contributed by atoms with Gasteiger partial charge in [0.25, 0.3) is 5.91 Å². The predicted octanol–water partition coefficient (Wildman–Crippen LogP) is 3.43. The summed E-state index contributed by atoms with van der Waals surface area (Å²) in [5, 5.41) is 8.58. The van der Waals surface area contributed by atoms with Crippen LogP contribution in [0.1, 0.15) is 56.5 Å². The van der Waals surface area contributed by atoms with Crippen molar-refractivity contribution in [1.29, 1.82) is 0 Å². The molecule has 0 fully saturated rings. The van der Waals surface area contributed by atoms with Crippen LogP contribution in [0.5, 0.6) is 0 Å². The summed E-state index contributed by atoms with van der Waals surface area (Å²) in [6, 6.07) is 3.92. The number of aromatic nitrogens is 2. The van der Waals surface area contributed by atoms with Gasteiger partial charge in [0, 0.05) is 18.8 Å². The number of aryl methyl sites for hydroxylation is 1. The monoisotopic (exact) mass is 358 g/mol. The highest BCUT2D eigenvalue weighted by atomic mass is 16.5. The Labute approximate surface area is 155 Å². The number of amides is 1. The van der Waals surface area contributed by atoms with E-state index in [9.17, 15) is 4.79 Å². The SMILES string of the molecule is CCCCc1nc2cc(/C=C/C(=O)NO)ccn2c1CN(C)CCCC. The third-order valence-corrected chi connectivity index (χ3v) is 4.45. The van der Waals surface area contributed by atoms with Gasteiger partial charge in [-0.2, -0.15) is 0 Å².